The SMILES string of the molecule is O=[N+]([O-])c1ccc(/C=N/N2CCSCC2)o1. The van der Waals surface area contributed by atoms with Crippen LogP contribution in [0.2, 0.25) is 0 Å². The van der Waals surface area contributed by atoms with Crippen molar-refractivity contribution in [3.05, 3.63) is 28.0 Å². The second kappa shape index (κ2) is 5.02. The fourth-order valence-corrected chi connectivity index (χ4v) is 2.20. The van der Waals surface area contributed by atoms with E-state index in [9.17, 15) is 10.1 Å². The van der Waals surface area contributed by atoms with E-state index in [0.717, 1.165) is 24.6 Å². The Labute approximate surface area is 96.4 Å². The van der Waals surface area contributed by atoms with Crippen LogP contribution < -0.4 is 0 Å². The molecule has 2 rings (SSSR count). The second-order valence-corrected chi connectivity index (χ2v) is 4.47. The lowest BCUT2D eigenvalue weighted by Crippen LogP contribution is -2.27. The number of nitro groups is 1. The van der Waals surface area contributed by atoms with Gasteiger partial charge < -0.3 is 4.42 Å². The number of hydrazone groups is 1. The first-order chi connectivity index (χ1) is 7.75. The number of nitrogens with zero attached hydrogens (tertiary/aromatic N) is 3. The molecule has 0 saturated carbocycles. The molecule has 0 unspecified atom stereocenters. The van der Waals surface area contributed by atoms with E-state index in [0.29, 0.717) is 5.76 Å². The molecule has 1 aliphatic heterocycles. The molecular formula is C9H11N3O3S. The fourth-order valence-electron chi connectivity index (χ4n) is 1.32. The third-order valence-electron chi connectivity index (χ3n) is 2.13. The van der Waals surface area contributed by atoms with E-state index in [4.69, 9.17) is 4.42 Å². The van der Waals surface area contributed by atoms with E-state index in [1.807, 2.05) is 16.8 Å². The minimum Gasteiger partial charge on any atom is -0.400 e. The first-order valence-corrected chi connectivity index (χ1v) is 6.02. The summed E-state index contributed by atoms with van der Waals surface area (Å²) in [7, 11) is 0. The molecule has 1 aliphatic rings. The summed E-state index contributed by atoms with van der Waals surface area (Å²) in [5.41, 5.74) is 0. The minimum absolute atomic E-state index is 0.254. The molecule has 0 spiro atoms. The van der Waals surface area contributed by atoms with Crippen molar-refractivity contribution in [3.8, 4) is 0 Å². The molecule has 86 valence electrons. The summed E-state index contributed by atoms with van der Waals surface area (Å²) in [6, 6.07) is 2.87. The van der Waals surface area contributed by atoms with E-state index in [1.54, 1.807) is 6.07 Å². The highest BCUT2D eigenvalue weighted by molar-refractivity contribution is 7.99. The molecule has 1 aromatic rings. The molecule has 2 heterocycles. The average molecular weight is 241 g/mol. The number of rotatable bonds is 3. The summed E-state index contributed by atoms with van der Waals surface area (Å²) in [6.45, 7) is 1.81. The van der Waals surface area contributed by atoms with Crippen LogP contribution in [0, 0.1) is 10.1 Å². The Bertz CT molecular complexity index is 398. The van der Waals surface area contributed by atoms with Gasteiger partial charge in [-0.15, -0.1) is 0 Å². The summed E-state index contributed by atoms with van der Waals surface area (Å²) in [5.74, 6) is 2.28. The van der Waals surface area contributed by atoms with Crippen LogP contribution in [0.25, 0.3) is 0 Å². The number of furan rings is 1. The Morgan fingerprint density at radius 3 is 2.88 bits per heavy atom. The Morgan fingerprint density at radius 2 is 2.25 bits per heavy atom. The Balaban J connectivity index is 1.96. The zero-order valence-electron chi connectivity index (χ0n) is 8.54. The predicted molar refractivity (Wildman–Crippen MR) is 61.9 cm³/mol. The number of hydrogen-bond acceptors (Lipinski definition) is 6. The van der Waals surface area contributed by atoms with Gasteiger partial charge in [0.15, 0.2) is 5.76 Å². The van der Waals surface area contributed by atoms with Crippen LogP contribution in [0.1, 0.15) is 5.76 Å². The molecule has 1 saturated heterocycles. The molecule has 1 aromatic heterocycles. The van der Waals surface area contributed by atoms with Gasteiger partial charge >= 0.3 is 5.88 Å². The molecule has 1 fully saturated rings. The molecule has 0 bridgehead atoms. The van der Waals surface area contributed by atoms with Crippen molar-refractivity contribution in [1.82, 2.24) is 5.01 Å². The lowest BCUT2D eigenvalue weighted by Gasteiger charge is -2.22. The number of thioether (sulfide) groups is 1. The third-order valence-corrected chi connectivity index (χ3v) is 3.07. The van der Waals surface area contributed by atoms with Gasteiger partial charge in [-0.3, -0.25) is 15.1 Å². The largest absolute Gasteiger partial charge is 0.433 e. The summed E-state index contributed by atoms with van der Waals surface area (Å²) in [6.07, 6.45) is 1.52. The van der Waals surface area contributed by atoms with E-state index in [2.05, 4.69) is 5.10 Å². The van der Waals surface area contributed by atoms with Crippen molar-refractivity contribution in [2.45, 2.75) is 0 Å². The van der Waals surface area contributed by atoms with E-state index < -0.39 is 4.92 Å². The summed E-state index contributed by atoms with van der Waals surface area (Å²) < 4.78 is 4.96. The maximum absolute atomic E-state index is 10.4. The van der Waals surface area contributed by atoms with Gasteiger partial charge in [-0.2, -0.15) is 16.9 Å². The highest BCUT2D eigenvalue weighted by Gasteiger charge is 2.11. The molecule has 0 radical (unpaired) electrons. The van der Waals surface area contributed by atoms with Crippen molar-refractivity contribution >= 4 is 23.9 Å². The Morgan fingerprint density at radius 1 is 1.50 bits per heavy atom. The normalized spacial score (nSPS) is 16.9. The molecule has 7 heteroatoms. The number of hydrogen-bond donors (Lipinski definition) is 0. The van der Waals surface area contributed by atoms with Crippen molar-refractivity contribution in [1.29, 1.82) is 0 Å². The first-order valence-electron chi connectivity index (χ1n) is 4.86. The highest BCUT2D eigenvalue weighted by Crippen LogP contribution is 2.14. The van der Waals surface area contributed by atoms with Gasteiger partial charge in [0.25, 0.3) is 0 Å². The molecule has 16 heavy (non-hydrogen) atoms. The van der Waals surface area contributed by atoms with E-state index in [1.165, 1.54) is 12.3 Å². The van der Waals surface area contributed by atoms with Gasteiger partial charge in [-0.25, -0.2) is 0 Å². The molecule has 0 N–H and O–H groups in total. The zero-order valence-corrected chi connectivity index (χ0v) is 9.35. The quantitative estimate of drug-likeness (QED) is 0.456. The van der Waals surface area contributed by atoms with Crippen LogP contribution in [0.4, 0.5) is 5.88 Å². The first kappa shape index (κ1) is 11.0. The van der Waals surface area contributed by atoms with E-state index in [-0.39, 0.29) is 5.88 Å². The van der Waals surface area contributed by atoms with Crippen molar-refractivity contribution in [3.63, 3.8) is 0 Å². The summed E-state index contributed by atoms with van der Waals surface area (Å²) >= 11 is 1.90. The van der Waals surface area contributed by atoms with Gasteiger partial charge in [-0.1, -0.05) is 0 Å². The molecule has 0 amide bonds. The van der Waals surface area contributed by atoms with Crippen LogP contribution in [0.3, 0.4) is 0 Å². The molecule has 0 aliphatic carbocycles. The summed E-state index contributed by atoms with van der Waals surface area (Å²) in [5, 5.41) is 16.5. The van der Waals surface area contributed by atoms with Crippen molar-refractivity contribution in [2.75, 3.05) is 24.6 Å². The zero-order chi connectivity index (χ0) is 11.4. The van der Waals surface area contributed by atoms with Crippen LogP contribution in [-0.4, -0.2) is 40.7 Å². The van der Waals surface area contributed by atoms with Gasteiger partial charge in [0.2, 0.25) is 0 Å². The van der Waals surface area contributed by atoms with Crippen molar-refractivity contribution < 1.29 is 9.34 Å². The van der Waals surface area contributed by atoms with Crippen LogP contribution in [0.15, 0.2) is 21.7 Å². The van der Waals surface area contributed by atoms with Gasteiger partial charge in [-0.05, 0) is 6.07 Å². The summed E-state index contributed by atoms with van der Waals surface area (Å²) in [4.78, 5) is 9.81. The predicted octanol–water partition coefficient (Wildman–Crippen LogP) is 1.57. The van der Waals surface area contributed by atoms with Gasteiger partial charge in [0, 0.05) is 24.6 Å². The Kier molecular flexibility index (Phi) is 3.45. The fraction of sp³-hybridized carbons (Fsp3) is 0.444. The lowest BCUT2D eigenvalue weighted by molar-refractivity contribution is -0.402. The Hall–Kier alpha value is -1.50. The van der Waals surface area contributed by atoms with Gasteiger partial charge in [0.1, 0.15) is 4.92 Å². The average Bonchev–Trinajstić information content (AvgIpc) is 2.76. The maximum atomic E-state index is 10.4. The molecule has 0 aromatic carbocycles. The molecule has 6 nitrogen and oxygen atoms in total. The molecular weight excluding hydrogens is 230 g/mol. The second-order valence-electron chi connectivity index (χ2n) is 3.24. The molecule has 0 atom stereocenters. The van der Waals surface area contributed by atoms with Crippen LogP contribution >= 0.6 is 11.8 Å². The lowest BCUT2D eigenvalue weighted by atomic mass is 10.5. The highest BCUT2D eigenvalue weighted by atomic mass is 32.2. The van der Waals surface area contributed by atoms with Crippen molar-refractivity contribution in [2.24, 2.45) is 5.10 Å². The van der Waals surface area contributed by atoms with E-state index >= 15 is 0 Å². The minimum atomic E-state index is -0.561. The monoisotopic (exact) mass is 241 g/mol. The third kappa shape index (κ3) is 2.75. The topological polar surface area (TPSA) is 71.9 Å². The smallest absolute Gasteiger partial charge is 0.400 e. The van der Waals surface area contributed by atoms with Crippen LogP contribution in [-0.2, 0) is 0 Å². The van der Waals surface area contributed by atoms with Crippen LogP contribution in [0.5, 0.6) is 0 Å². The maximum Gasteiger partial charge on any atom is 0.433 e. The van der Waals surface area contributed by atoms with Gasteiger partial charge in [0.05, 0.1) is 12.3 Å². The standard InChI is InChI=1S/C9H11N3O3S/c13-12(14)9-2-1-8(15-9)7-10-11-3-5-16-6-4-11/h1-2,7H,3-6H2/b10-7+.